The van der Waals surface area contributed by atoms with E-state index in [9.17, 15) is 14.7 Å². The van der Waals surface area contributed by atoms with Crippen molar-refractivity contribution in [2.45, 2.75) is 24.9 Å². The Balaban J connectivity index is 1.24. The Labute approximate surface area is 249 Å². The Hall–Kier alpha value is -5.49. The highest BCUT2D eigenvalue weighted by atomic mass is 16.4. The fraction of sp³-hybridized carbons (Fsp3) is 0.108. The Morgan fingerprint density at radius 1 is 0.791 bits per heavy atom. The van der Waals surface area contributed by atoms with E-state index >= 15 is 0 Å². The zero-order valence-corrected chi connectivity index (χ0v) is 23.4. The van der Waals surface area contributed by atoms with Gasteiger partial charge < -0.3 is 15.0 Å². The molecule has 6 heteroatoms. The highest BCUT2D eigenvalue weighted by molar-refractivity contribution is 6.08. The number of pyridine rings is 1. The van der Waals surface area contributed by atoms with Gasteiger partial charge in [-0.15, -0.1) is 0 Å². The standard InChI is InChI=1S/C37H29N3O3/c41-35(39-37(17-18-37)32-14-12-28(13-15-32)36(42)43)33-22-31(26-5-2-1-3-6-26)21-29-16-20-40(34(29)33)24-25-8-10-27(11-9-25)30-7-4-19-38-23-30/h1-16,19-23H,17-18,24H2,(H,39,41)(H,42,43). The van der Waals surface area contributed by atoms with Gasteiger partial charge in [0.15, 0.2) is 0 Å². The van der Waals surface area contributed by atoms with Crippen molar-refractivity contribution in [2.24, 2.45) is 0 Å². The predicted molar refractivity (Wildman–Crippen MR) is 168 cm³/mol. The number of benzene rings is 4. The molecule has 6 aromatic rings. The van der Waals surface area contributed by atoms with Gasteiger partial charge >= 0.3 is 5.97 Å². The summed E-state index contributed by atoms with van der Waals surface area (Å²) in [5.41, 5.74) is 7.47. The third-order valence-electron chi connectivity index (χ3n) is 8.30. The topological polar surface area (TPSA) is 84.2 Å². The molecule has 2 N–H and O–H groups in total. The fourth-order valence-electron chi connectivity index (χ4n) is 5.81. The number of hydrogen-bond acceptors (Lipinski definition) is 3. The van der Waals surface area contributed by atoms with E-state index in [2.05, 4.69) is 63.4 Å². The van der Waals surface area contributed by atoms with Gasteiger partial charge in [0.25, 0.3) is 5.91 Å². The molecule has 1 fully saturated rings. The second-order valence-electron chi connectivity index (χ2n) is 11.1. The molecule has 2 aromatic heterocycles. The number of carbonyl (C=O) groups is 2. The van der Waals surface area contributed by atoms with Gasteiger partial charge in [0.1, 0.15) is 0 Å². The molecule has 0 unspecified atom stereocenters. The number of fused-ring (bicyclic) bond motifs is 1. The van der Waals surface area contributed by atoms with Crippen molar-refractivity contribution < 1.29 is 14.7 Å². The zero-order chi connectivity index (χ0) is 29.4. The lowest BCUT2D eigenvalue weighted by atomic mass is 9.98. The monoisotopic (exact) mass is 563 g/mol. The van der Waals surface area contributed by atoms with Crippen molar-refractivity contribution in [1.29, 1.82) is 0 Å². The van der Waals surface area contributed by atoms with Gasteiger partial charge in [-0.25, -0.2) is 4.79 Å². The van der Waals surface area contributed by atoms with Crippen LogP contribution in [-0.2, 0) is 12.1 Å². The third-order valence-corrected chi connectivity index (χ3v) is 8.30. The van der Waals surface area contributed by atoms with Crippen LogP contribution in [0.4, 0.5) is 0 Å². The first-order chi connectivity index (χ1) is 21.0. The van der Waals surface area contributed by atoms with Crippen LogP contribution in [0.25, 0.3) is 33.2 Å². The van der Waals surface area contributed by atoms with E-state index in [1.54, 1.807) is 18.3 Å². The molecule has 1 amide bonds. The maximum atomic E-state index is 14.1. The molecular formula is C37H29N3O3. The SMILES string of the molecule is O=C(O)c1ccc(C2(NC(=O)c3cc(-c4ccccc4)cc4ccn(Cc5ccc(-c6cccnc6)cc5)c34)CC2)cc1. The van der Waals surface area contributed by atoms with Crippen LogP contribution in [0.5, 0.6) is 0 Å². The van der Waals surface area contributed by atoms with Crippen LogP contribution in [0, 0.1) is 0 Å². The second-order valence-corrected chi connectivity index (χ2v) is 11.1. The molecular weight excluding hydrogens is 534 g/mol. The largest absolute Gasteiger partial charge is 0.478 e. The Bertz CT molecular complexity index is 1940. The molecule has 0 bridgehead atoms. The summed E-state index contributed by atoms with van der Waals surface area (Å²) in [6.07, 6.45) is 7.28. The minimum atomic E-state index is -0.965. The van der Waals surface area contributed by atoms with Gasteiger partial charge in [-0.1, -0.05) is 72.8 Å². The maximum absolute atomic E-state index is 14.1. The van der Waals surface area contributed by atoms with E-state index in [0.717, 1.165) is 57.1 Å². The van der Waals surface area contributed by atoms with E-state index in [1.165, 1.54) is 0 Å². The van der Waals surface area contributed by atoms with E-state index in [0.29, 0.717) is 12.1 Å². The number of carboxylic acids is 1. The predicted octanol–water partition coefficient (Wildman–Crippen LogP) is 7.54. The number of amides is 1. The van der Waals surface area contributed by atoms with Gasteiger partial charge in [-0.2, -0.15) is 0 Å². The molecule has 0 spiro atoms. The van der Waals surface area contributed by atoms with Crippen LogP contribution >= 0.6 is 0 Å². The van der Waals surface area contributed by atoms with Crippen LogP contribution in [0.3, 0.4) is 0 Å². The minimum absolute atomic E-state index is 0.144. The lowest BCUT2D eigenvalue weighted by molar-refractivity contribution is 0.0696. The summed E-state index contributed by atoms with van der Waals surface area (Å²) in [6.45, 7) is 0.615. The molecule has 4 aromatic carbocycles. The van der Waals surface area contributed by atoms with Gasteiger partial charge in [0, 0.05) is 30.5 Å². The molecule has 0 atom stereocenters. The lowest BCUT2D eigenvalue weighted by Crippen LogP contribution is -2.35. The molecule has 0 aliphatic heterocycles. The Kier molecular flexibility index (Phi) is 6.59. The quantitative estimate of drug-likeness (QED) is 0.200. The van der Waals surface area contributed by atoms with Crippen molar-refractivity contribution >= 4 is 22.8 Å². The molecule has 1 aliphatic carbocycles. The van der Waals surface area contributed by atoms with Crippen LogP contribution in [-0.4, -0.2) is 26.5 Å². The summed E-state index contributed by atoms with van der Waals surface area (Å²) < 4.78 is 2.14. The number of carboxylic acid groups (broad SMARTS) is 1. The van der Waals surface area contributed by atoms with Crippen molar-refractivity contribution in [3.8, 4) is 22.3 Å². The molecule has 1 aliphatic rings. The average molecular weight is 564 g/mol. The lowest BCUT2D eigenvalue weighted by Gasteiger charge is -2.20. The normalized spacial score (nSPS) is 13.5. The number of aromatic carboxylic acids is 1. The number of nitrogens with zero attached hydrogens (tertiary/aromatic N) is 2. The number of rotatable bonds is 8. The highest BCUT2D eigenvalue weighted by Gasteiger charge is 2.46. The number of aromatic nitrogens is 2. The Morgan fingerprint density at radius 2 is 1.51 bits per heavy atom. The summed E-state index contributed by atoms with van der Waals surface area (Å²) >= 11 is 0. The zero-order valence-electron chi connectivity index (χ0n) is 23.4. The van der Waals surface area contributed by atoms with Crippen molar-refractivity contribution in [2.75, 3.05) is 0 Å². The van der Waals surface area contributed by atoms with E-state index in [4.69, 9.17) is 0 Å². The molecule has 0 radical (unpaired) electrons. The van der Waals surface area contributed by atoms with Gasteiger partial charge in [0.2, 0.25) is 0 Å². The number of carbonyl (C=O) groups excluding carboxylic acids is 1. The average Bonchev–Trinajstić information content (AvgIpc) is 3.73. The minimum Gasteiger partial charge on any atom is -0.478 e. The van der Waals surface area contributed by atoms with Crippen molar-refractivity contribution in [1.82, 2.24) is 14.9 Å². The van der Waals surface area contributed by atoms with Gasteiger partial charge in [-0.3, -0.25) is 9.78 Å². The molecule has 1 saturated carbocycles. The second kappa shape index (κ2) is 10.7. The molecule has 210 valence electrons. The molecule has 2 heterocycles. The van der Waals surface area contributed by atoms with E-state index < -0.39 is 11.5 Å². The summed E-state index contributed by atoms with van der Waals surface area (Å²) in [5.74, 6) is -1.11. The molecule has 6 nitrogen and oxygen atoms in total. The summed E-state index contributed by atoms with van der Waals surface area (Å²) in [6, 6.07) is 35.5. The third kappa shape index (κ3) is 5.19. The fourth-order valence-corrected chi connectivity index (χ4v) is 5.81. The number of nitrogens with one attached hydrogen (secondary N) is 1. The smallest absolute Gasteiger partial charge is 0.335 e. The summed E-state index contributed by atoms with van der Waals surface area (Å²) in [4.78, 5) is 29.7. The van der Waals surface area contributed by atoms with Crippen LogP contribution in [0.1, 0.15) is 44.7 Å². The first kappa shape index (κ1) is 26.4. The van der Waals surface area contributed by atoms with Crippen molar-refractivity contribution in [3.63, 3.8) is 0 Å². The number of hydrogen-bond donors (Lipinski definition) is 2. The maximum Gasteiger partial charge on any atom is 0.335 e. The van der Waals surface area contributed by atoms with Crippen LogP contribution in [0.15, 0.2) is 128 Å². The first-order valence-corrected chi connectivity index (χ1v) is 14.3. The summed E-state index contributed by atoms with van der Waals surface area (Å²) in [5, 5.41) is 13.6. The highest BCUT2D eigenvalue weighted by Crippen LogP contribution is 2.46. The van der Waals surface area contributed by atoms with E-state index in [1.807, 2.05) is 60.9 Å². The molecule has 43 heavy (non-hydrogen) atoms. The van der Waals surface area contributed by atoms with E-state index in [-0.39, 0.29) is 11.5 Å². The van der Waals surface area contributed by atoms with Crippen molar-refractivity contribution in [3.05, 3.63) is 150 Å². The Morgan fingerprint density at radius 3 is 2.19 bits per heavy atom. The molecule has 7 rings (SSSR count). The van der Waals surface area contributed by atoms with Crippen LogP contribution < -0.4 is 5.32 Å². The van der Waals surface area contributed by atoms with Gasteiger partial charge in [0.05, 0.1) is 22.2 Å². The summed E-state index contributed by atoms with van der Waals surface area (Å²) in [7, 11) is 0. The van der Waals surface area contributed by atoms with Crippen LogP contribution in [0.2, 0.25) is 0 Å². The van der Waals surface area contributed by atoms with Gasteiger partial charge in [-0.05, 0) is 82.6 Å². The molecule has 0 saturated heterocycles. The first-order valence-electron chi connectivity index (χ1n) is 14.3.